The van der Waals surface area contributed by atoms with Gasteiger partial charge in [-0.05, 0) is 38.0 Å². The van der Waals surface area contributed by atoms with Gasteiger partial charge in [-0.25, -0.2) is 9.97 Å². The quantitative estimate of drug-likeness (QED) is 0.697. The van der Waals surface area contributed by atoms with Crippen LogP contribution in [0.5, 0.6) is 5.75 Å². The van der Waals surface area contributed by atoms with Crippen molar-refractivity contribution in [2.24, 2.45) is 5.73 Å². The van der Waals surface area contributed by atoms with E-state index in [1.807, 2.05) is 12.1 Å². The second kappa shape index (κ2) is 10.1. The fourth-order valence-corrected chi connectivity index (χ4v) is 4.17. The van der Waals surface area contributed by atoms with Crippen LogP contribution in [0.2, 0.25) is 0 Å². The van der Waals surface area contributed by atoms with Gasteiger partial charge in [-0.2, -0.15) is 0 Å². The molecule has 1 aromatic carbocycles. The molecular formula is C23H29N5O4. The number of hydrogen-bond donors (Lipinski definition) is 1. The fraction of sp³-hybridized carbons (Fsp3) is 0.478. The topological polar surface area (TPSA) is 111 Å². The Hall–Kier alpha value is -3.04. The molecule has 2 aliphatic rings. The number of likely N-dealkylation sites (tertiary alicyclic amines) is 1. The predicted molar refractivity (Wildman–Crippen MR) is 117 cm³/mol. The van der Waals surface area contributed by atoms with E-state index in [0.29, 0.717) is 41.5 Å². The van der Waals surface area contributed by atoms with Crippen molar-refractivity contribution in [1.29, 1.82) is 0 Å². The summed E-state index contributed by atoms with van der Waals surface area (Å²) in [6, 6.07) is 7.07. The number of aromatic nitrogens is 2. The third-order valence-corrected chi connectivity index (χ3v) is 5.94. The summed E-state index contributed by atoms with van der Waals surface area (Å²) in [6.45, 7) is 7.10. The number of primary amides is 1. The Morgan fingerprint density at radius 2 is 2.06 bits per heavy atom. The van der Waals surface area contributed by atoms with Gasteiger partial charge in [-0.1, -0.05) is 6.07 Å². The van der Waals surface area contributed by atoms with E-state index < -0.39 is 5.91 Å². The van der Waals surface area contributed by atoms with Gasteiger partial charge in [0, 0.05) is 37.9 Å². The number of benzene rings is 1. The number of morpholine rings is 1. The maximum atomic E-state index is 13.3. The first-order chi connectivity index (χ1) is 15.5. The molecule has 2 amide bonds. The molecule has 9 nitrogen and oxygen atoms in total. The lowest BCUT2D eigenvalue weighted by molar-refractivity contribution is 0.0322. The molecule has 2 saturated heterocycles. The molecule has 1 aromatic heterocycles. The summed E-state index contributed by atoms with van der Waals surface area (Å²) < 4.78 is 11.3. The largest absolute Gasteiger partial charge is 0.492 e. The van der Waals surface area contributed by atoms with Crippen molar-refractivity contribution in [2.45, 2.75) is 25.8 Å². The van der Waals surface area contributed by atoms with Gasteiger partial charge in [0.2, 0.25) is 0 Å². The number of hydrogen-bond acceptors (Lipinski definition) is 7. The van der Waals surface area contributed by atoms with Crippen molar-refractivity contribution >= 4 is 11.8 Å². The molecular weight excluding hydrogens is 410 g/mol. The minimum atomic E-state index is -0.557. The summed E-state index contributed by atoms with van der Waals surface area (Å²) in [7, 11) is 0. The molecule has 2 aliphatic heterocycles. The number of amides is 2. The molecule has 1 atom stereocenters. The lowest BCUT2D eigenvalue weighted by Crippen LogP contribution is -2.38. The number of ether oxygens (including phenoxy) is 2. The molecule has 2 N–H and O–H groups in total. The minimum Gasteiger partial charge on any atom is -0.492 e. The highest BCUT2D eigenvalue weighted by atomic mass is 16.5. The van der Waals surface area contributed by atoms with Gasteiger partial charge in [0.05, 0.1) is 30.5 Å². The average molecular weight is 440 g/mol. The number of nitrogens with zero attached hydrogens (tertiary/aromatic N) is 4. The monoisotopic (exact) mass is 439 g/mol. The van der Waals surface area contributed by atoms with Crippen LogP contribution < -0.4 is 10.5 Å². The maximum absolute atomic E-state index is 13.3. The van der Waals surface area contributed by atoms with Crippen molar-refractivity contribution in [3.05, 3.63) is 53.1 Å². The highest BCUT2D eigenvalue weighted by molar-refractivity contribution is 5.95. The zero-order chi connectivity index (χ0) is 22.5. The Kier molecular flexibility index (Phi) is 6.96. The Balaban J connectivity index is 1.42. The van der Waals surface area contributed by atoms with Crippen molar-refractivity contribution in [3.8, 4) is 5.75 Å². The molecule has 32 heavy (non-hydrogen) atoms. The van der Waals surface area contributed by atoms with Crippen LogP contribution >= 0.6 is 0 Å². The highest BCUT2D eigenvalue weighted by Gasteiger charge is 2.33. The van der Waals surface area contributed by atoms with Crippen LogP contribution in [0.25, 0.3) is 0 Å². The lowest BCUT2D eigenvalue weighted by atomic mass is 10.1. The molecule has 0 spiro atoms. The highest BCUT2D eigenvalue weighted by Crippen LogP contribution is 2.32. The van der Waals surface area contributed by atoms with Gasteiger partial charge in [0.1, 0.15) is 12.4 Å². The molecule has 0 saturated carbocycles. The van der Waals surface area contributed by atoms with Crippen LogP contribution in [0.4, 0.5) is 0 Å². The molecule has 4 rings (SSSR count). The molecule has 170 valence electrons. The van der Waals surface area contributed by atoms with Gasteiger partial charge in [0.25, 0.3) is 11.8 Å². The van der Waals surface area contributed by atoms with Crippen molar-refractivity contribution in [3.63, 3.8) is 0 Å². The van der Waals surface area contributed by atoms with E-state index in [0.717, 1.165) is 45.7 Å². The molecule has 0 bridgehead atoms. The Morgan fingerprint density at radius 3 is 2.81 bits per heavy atom. The number of rotatable bonds is 7. The zero-order valence-corrected chi connectivity index (χ0v) is 18.3. The number of carbonyl (C=O) groups is 2. The second-order valence-electron chi connectivity index (χ2n) is 8.08. The molecule has 0 radical (unpaired) electrons. The molecule has 2 aromatic rings. The van der Waals surface area contributed by atoms with E-state index in [1.54, 1.807) is 24.0 Å². The summed E-state index contributed by atoms with van der Waals surface area (Å²) in [6.07, 6.45) is 3.09. The average Bonchev–Trinajstić information content (AvgIpc) is 3.29. The van der Waals surface area contributed by atoms with Gasteiger partial charge in [0.15, 0.2) is 5.82 Å². The van der Waals surface area contributed by atoms with Crippen molar-refractivity contribution in [1.82, 2.24) is 19.8 Å². The van der Waals surface area contributed by atoms with E-state index in [4.69, 9.17) is 15.2 Å². The molecule has 0 aliphatic carbocycles. The molecule has 0 unspecified atom stereocenters. The van der Waals surface area contributed by atoms with Gasteiger partial charge < -0.3 is 20.1 Å². The van der Waals surface area contributed by atoms with Crippen molar-refractivity contribution in [2.75, 3.05) is 46.0 Å². The van der Waals surface area contributed by atoms with Crippen LogP contribution in [0.15, 0.2) is 30.5 Å². The van der Waals surface area contributed by atoms with Crippen LogP contribution in [0, 0.1) is 6.92 Å². The number of aryl methyl sites for hydroxylation is 1. The Bertz CT molecular complexity index is 977. The first kappa shape index (κ1) is 22.2. The normalized spacial score (nSPS) is 19.2. The number of carbonyl (C=O) groups excluding carboxylic acids is 2. The summed E-state index contributed by atoms with van der Waals surface area (Å²) in [5.74, 6) is 0.583. The third-order valence-electron chi connectivity index (χ3n) is 5.94. The van der Waals surface area contributed by atoms with E-state index in [1.165, 1.54) is 6.20 Å². The van der Waals surface area contributed by atoms with Crippen LogP contribution in [0.3, 0.4) is 0 Å². The molecule has 2 fully saturated rings. The van der Waals surface area contributed by atoms with Crippen LogP contribution in [-0.4, -0.2) is 77.6 Å². The van der Waals surface area contributed by atoms with Crippen LogP contribution in [-0.2, 0) is 4.74 Å². The van der Waals surface area contributed by atoms with Gasteiger partial charge >= 0.3 is 0 Å². The predicted octanol–water partition coefficient (Wildman–Crippen LogP) is 1.57. The summed E-state index contributed by atoms with van der Waals surface area (Å²) in [4.78, 5) is 37.6. The fourth-order valence-electron chi connectivity index (χ4n) is 4.17. The smallest absolute Gasteiger partial charge is 0.254 e. The summed E-state index contributed by atoms with van der Waals surface area (Å²) >= 11 is 0. The number of nitrogens with two attached hydrogens (primary N) is 1. The van der Waals surface area contributed by atoms with E-state index in [2.05, 4.69) is 14.9 Å². The van der Waals surface area contributed by atoms with Gasteiger partial charge in [-0.3, -0.25) is 14.5 Å². The summed E-state index contributed by atoms with van der Waals surface area (Å²) in [5, 5.41) is 0. The van der Waals surface area contributed by atoms with Crippen molar-refractivity contribution < 1.29 is 19.1 Å². The molecule has 3 heterocycles. The lowest BCUT2D eigenvalue weighted by Gasteiger charge is -2.26. The minimum absolute atomic E-state index is 0.0774. The Labute approximate surface area is 187 Å². The van der Waals surface area contributed by atoms with Crippen LogP contribution in [0.1, 0.15) is 51.1 Å². The van der Waals surface area contributed by atoms with E-state index in [9.17, 15) is 9.59 Å². The second-order valence-corrected chi connectivity index (χ2v) is 8.08. The zero-order valence-electron chi connectivity index (χ0n) is 18.3. The SMILES string of the molecule is Cc1nc([C@@H]2CCCN2C(=O)c2cccc(OCCN3CCOCC3)c2)ncc1C(N)=O. The van der Waals surface area contributed by atoms with E-state index >= 15 is 0 Å². The van der Waals surface area contributed by atoms with E-state index in [-0.39, 0.29) is 11.9 Å². The molecule has 9 heteroatoms. The first-order valence-corrected chi connectivity index (χ1v) is 11.0. The first-order valence-electron chi connectivity index (χ1n) is 11.0. The van der Waals surface area contributed by atoms with Gasteiger partial charge in [-0.15, -0.1) is 0 Å². The summed E-state index contributed by atoms with van der Waals surface area (Å²) in [5.41, 5.74) is 6.76. The Morgan fingerprint density at radius 1 is 1.25 bits per heavy atom. The third kappa shape index (κ3) is 5.05. The maximum Gasteiger partial charge on any atom is 0.254 e. The standard InChI is InChI=1S/C23H29N5O4/c1-16-19(21(24)29)15-25-22(26-16)20-6-3-7-28(20)23(30)17-4-2-5-18(14-17)32-13-10-27-8-11-31-12-9-27/h2,4-5,14-15,20H,3,6-13H2,1H3,(H2,24,29)/t20-/m0/s1.